The molecule has 3 heterocycles. The molecule has 1 atom stereocenters. The second-order valence-electron chi connectivity index (χ2n) is 10.1. The molecule has 218 valence electrons. The highest BCUT2D eigenvalue weighted by Gasteiger charge is 2.31. The fraction of sp³-hybridized carbons (Fsp3) is 0.500. The first-order valence-corrected chi connectivity index (χ1v) is 15.2. The number of aromatic nitrogens is 2. The molecule has 2 saturated heterocycles. The molecule has 0 aliphatic carbocycles. The third-order valence-electron chi connectivity index (χ3n) is 7.11. The second-order valence-corrected chi connectivity index (χ2v) is 12.5. The van der Waals surface area contributed by atoms with Crippen molar-refractivity contribution in [2.45, 2.75) is 31.4 Å². The topological polar surface area (TPSA) is 129 Å². The number of anilines is 4. The Hall–Kier alpha value is -3.13. The standard InChI is InChI=1S/C26H36ClN7O5S/c1-6-24(35)29-20-13-21(23(38-4)14-22(20)33-10-7-17(8-11-33)32(2)3)30-26-28-15-19(27)25(31-26)39-18-9-12-34(16-18)40(5,36)37/h6,13-15,17-18H,1,7-12,16H2,2-5H3,(H,29,35)(H,28,30,31)/t18-/m1/s1. The van der Waals surface area contributed by atoms with Crippen LogP contribution in [-0.4, -0.2) is 99.3 Å². The van der Waals surface area contributed by atoms with Gasteiger partial charge in [-0.25, -0.2) is 13.4 Å². The molecule has 1 amide bonds. The summed E-state index contributed by atoms with van der Waals surface area (Å²) in [5.74, 6) is 0.524. The lowest BCUT2D eigenvalue weighted by atomic mass is 10.0. The van der Waals surface area contributed by atoms with Gasteiger partial charge in [0.15, 0.2) is 0 Å². The number of carbonyl (C=O) groups is 1. The Morgan fingerprint density at radius 1 is 1.20 bits per heavy atom. The lowest BCUT2D eigenvalue weighted by molar-refractivity contribution is -0.111. The molecule has 0 saturated carbocycles. The molecule has 14 heteroatoms. The quantitative estimate of drug-likeness (QED) is 0.397. The summed E-state index contributed by atoms with van der Waals surface area (Å²) in [5.41, 5.74) is 1.95. The van der Waals surface area contributed by atoms with Gasteiger partial charge in [-0.1, -0.05) is 18.2 Å². The Kier molecular flexibility index (Phi) is 9.39. The number of rotatable bonds is 10. The Morgan fingerprint density at radius 3 is 2.52 bits per heavy atom. The van der Waals surface area contributed by atoms with E-state index in [-0.39, 0.29) is 35.4 Å². The molecule has 2 N–H and O–H groups in total. The summed E-state index contributed by atoms with van der Waals surface area (Å²) in [6.45, 7) is 5.82. The highest BCUT2D eigenvalue weighted by Crippen LogP contribution is 2.39. The number of hydrogen-bond donors (Lipinski definition) is 2. The lowest BCUT2D eigenvalue weighted by Crippen LogP contribution is -2.42. The van der Waals surface area contributed by atoms with Gasteiger partial charge in [-0.15, -0.1) is 0 Å². The molecule has 0 unspecified atom stereocenters. The van der Waals surface area contributed by atoms with Gasteiger partial charge in [-0.3, -0.25) is 4.79 Å². The zero-order valence-electron chi connectivity index (χ0n) is 23.2. The monoisotopic (exact) mass is 593 g/mol. The van der Waals surface area contributed by atoms with Crippen LogP contribution in [0.4, 0.5) is 23.0 Å². The van der Waals surface area contributed by atoms with E-state index < -0.39 is 10.0 Å². The largest absolute Gasteiger partial charge is 0.494 e. The number of nitrogens with zero attached hydrogens (tertiary/aromatic N) is 5. The molecular weight excluding hydrogens is 558 g/mol. The number of halogens is 1. The highest BCUT2D eigenvalue weighted by atomic mass is 35.5. The van der Waals surface area contributed by atoms with Gasteiger partial charge in [0.2, 0.25) is 27.8 Å². The molecule has 2 aliphatic heterocycles. The van der Waals surface area contributed by atoms with Gasteiger partial charge in [0.05, 0.1) is 43.2 Å². The van der Waals surface area contributed by atoms with E-state index in [0.717, 1.165) is 31.6 Å². The van der Waals surface area contributed by atoms with Crippen LogP contribution in [0.25, 0.3) is 0 Å². The number of piperidine rings is 1. The minimum atomic E-state index is -3.31. The molecule has 12 nitrogen and oxygen atoms in total. The molecule has 4 rings (SSSR count). The van der Waals surface area contributed by atoms with Gasteiger partial charge in [0, 0.05) is 31.7 Å². The SMILES string of the molecule is C=CC(=O)Nc1cc(Nc2ncc(Cl)c(O[C@@H]3CCN(S(C)(=O)=O)C3)n2)c(OC)cc1N1CCC(N(C)C)CC1. The zero-order chi connectivity index (χ0) is 29.0. The Labute approximate surface area is 240 Å². The summed E-state index contributed by atoms with van der Waals surface area (Å²) in [6, 6.07) is 4.15. The number of amides is 1. The number of sulfonamides is 1. The Bertz CT molecular complexity index is 1350. The van der Waals surface area contributed by atoms with Crippen molar-refractivity contribution in [1.29, 1.82) is 0 Å². The van der Waals surface area contributed by atoms with Gasteiger partial charge in [0.1, 0.15) is 16.9 Å². The van der Waals surface area contributed by atoms with Crippen molar-refractivity contribution in [3.63, 3.8) is 0 Å². The summed E-state index contributed by atoms with van der Waals surface area (Å²) >= 11 is 6.30. The maximum Gasteiger partial charge on any atom is 0.247 e. The van der Waals surface area contributed by atoms with Crippen LogP contribution in [0.15, 0.2) is 31.0 Å². The van der Waals surface area contributed by atoms with E-state index in [2.05, 4.69) is 51.1 Å². The maximum absolute atomic E-state index is 12.3. The molecule has 1 aromatic carbocycles. The van der Waals surface area contributed by atoms with Crippen LogP contribution in [0.1, 0.15) is 19.3 Å². The van der Waals surface area contributed by atoms with Crippen LogP contribution in [0, 0.1) is 0 Å². The van der Waals surface area contributed by atoms with E-state index in [1.54, 1.807) is 13.2 Å². The summed E-state index contributed by atoms with van der Waals surface area (Å²) in [7, 11) is 2.44. The Morgan fingerprint density at radius 2 is 1.93 bits per heavy atom. The molecule has 40 heavy (non-hydrogen) atoms. The fourth-order valence-electron chi connectivity index (χ4n) is 4.87. The van der Waals surface area contributed by atoms with E-state index in [4.69, 9.17) is 21.1 Å². The van der Waals surface area contributed by atoms with Crippen LogP contribution >= 0.6 is 11.6 Å². The van der Waals surface area contributed by atoms with Crippen LogP contribution in [0.2, 0.25) is 5.02 Å². The fourth-order valence-corrected chi connectivity index (χ4v) is 5.88. The second kappa shape index (κ2) is 12.6. The van der Waals surface area contributed by atoms with Gasteiger partial charge in [-0.2, -0.15) is 9.29 Å². The maximum atomic E-state index is 12.3. The van der Waals surface area contributed by atoms with Gasteiger partial charge >= 0.3 is 0 Å². The van der Waals surface area contributed by atoms with Crippen molar-refractivity contribution >= 4 is 50.5 Å². The van der Waals surface area contributed by atoms with E-state index in [0.29, 0.717) is 36.1 Å². The summed E-state index contributed by atoms with van der Waals surface area (Å²) in [6.07, 6.45) is 5.92. The van der Waals surface area contributed by atoms with Gasteiger partial charge in [-0.05, 0) is 45.5 Å². The molecule has 0 spiro atoms. The number of nitrogens with one attached hydrogen (secondary N) is 2. The summed E-state index contributed by atoms with van der Waals surface area (Å²) < 4.78 is 36.7. The molecule has 1 aromatic heterocycles. The van der Waals surface area contributed by atoms with Crippen molar-refractivity contribution < 1.29 is 22.7 Å². The van der Waals surface area contributed by atoms with E-state index in [1.807, 2.05) is 6.07 Å². The molecule has 0 radical (unpaired) electrons. The third kappa shape index (κ3) is 7.14. The Balaban J connectivity index is 1.58. The van der Waals surface area contributed by atoms with Crippen molar-refractivity contribution in [1.82, 2.24) is 19.2 Å². The minimum Gasteiger partial charge on any atom is -0.494 e. The normalized spacial score (nSPS) is 18.6. The average Bonchev–Trinajstić information content (AvgIpc) is 3.40. The predicted molar refractivity (Wildman–Crippen MR) is 157 cm³/mol. The molecule has 2 aromatic rings. The van der Waals surface area contributed by atoms with E-state index >= 15 is 0 Å². The number of carbonyl (C=O) groups excluding carboxylic acids is 1. The molecule has 0 bridgehead atoms. The smallest absolute Gasteiger partial charge is 0.247 e. The van der Waals surface area contributed by atoms with E-state index in [1.165, 1.54) is 22.8 Å². The predicted octanol–water partition coefficient (Wildman–Crippen LogP) is 2.95. The number of benzene rings is 1. The highest BCUT2D eigenvalue weighted by molar-refractivity contribution is 7.88. The average molecular weight is 594 g/mol. The van der Waals surface area contributed by atoms with Crippen molar-refractivity contribution in [2.75, 3.05) is 69.2 Å². The summed E-state index contributed by atoms with van der Waals surface area (Å²) in [4.78, 5) is 25.5. The zero-order valence-corrected chi connectivity index (χ0v) is 24.8. The van der Waals surface area contributed by atoms with Crippen molar-refractivity contribution in [3.8, 4) is 11.6 Å². The van der Waals surface area contributed by atoms with Gasteiger partial charge in [0.25, 0.3) is 0 Å². The first-order chi connectivity index (χ1) is 19.0. The summed E-state index contributed by atoms with van der Waals surface area (Å²) in [5, 5.41) is 6.25. The van der Waals surface area contributed by atoms with Gasteiger partial charge < -0.3 is 29.9 Å². The number of hydrogen-bond acceptors (Lipinski definition) is 10. The molecular formula is C26H36ClN7O5S. The number of ether oxygens (including phenoxy) is 2. The van der Waals surface area contributed by atoms with Crippen molar-refractivity contribution in [3.05, 3.63) is 36.0 Å². The van der Waals surface area contributed by atoms with Crippen LogP contribution in [0.5, 0.6) is 11.6 Å². The first-order valence-electron chi connectivity index (χ1n) is 13.0. The molecule has 2 aliphatic rings. The van der Waals surface area contributed by atoms with Crippen LogP contribution in [-0.2, 0) is 14.8 Å². The number of methoxy groups -OCH3 is 1. The van der Waals surface area contributed by atoms with Crippen molar-refractivity contribution in [2.24, 2.45) is 0 Å². The van der Waals surface area contributed by atoms with Crippen LogP contribution < -0.4 is 25.0 Å². The lowest BCUT2D eigenvalue weighted by Gasteiger charge is -2.37. The van der Waals surface area contributed by atoms with Crippen LogP contribution in [0.3, 0.4) is 0 Å². The third-order valence-corrected chi connectivity index (χ3v) is 8.64. The molecule has 2 fully saturated rings. The van der Waals surface area contributed by atoms with E-state index in [9.17, 15) is 13.2 Å². The minimum absolute atomic E-state index is 0.138. The first kappa shape index (κ1) is 29.8.